The highest BCUT2D eigenvalue weighted by Crippen LogP contribution is 2.16. The number of nitrogens with zero attached hydrogens (tertiary/aromatic N) is 1. The minimum absolute atomic E-state index is 0.792. The minimum Gasteiger partial charge on any atom is -0.309 e. The molecule has 90 valence electrons. The second kappa shape index (κ2) is 6.70. The Morgan fingerprint density at radius 2 is 1.75 bits per heavy atom. The molecule has 0 saturated carbocycles. The molecule has 0 saturated heterocycles. The van der Waals surface area contributed by atoms with Crippen LogP contribution in [0, 0.1) is 5.92 Å². The monoisotopic (exact) mass is 219 g/mol. The number of benzene rings is 1. The van der Waals surface area contributed by atoms with Gasteiger partial charge < -0.3 is 4.90 Å². The fourth-order valence-corrected chi connectivity index (χ4v) is 1.86. The molecule has 1 aromatic carbocycles. The Balaban J connectivity index is 2.67. The van der Waals surface area contributed by atoms with Gasteiger partial charge in [0.05, 0.1) is 0 Å². The lowest BCUT2D eigenvalue weighted by Crippen LogP contribution is -2.16. The summed E-state index contributed by atoms with van der Waals surface area (Å²) in [6.45, 7) is 5.74. The van der Waals surface area contributed by atoms with Crippen LogP contribution in [-0.2, 0) is 12.8 Å². The van der Waals surface area contributed by atoms with Gasteiger partial charge in [-0.05, 0) is 44.0 Å². The normalized spacial score (nSPS) is 13.1. The topological polar surface area (TPSA) is 3.24 Å². The second-order valence-electron chi connectivity index (χ2n) is 5.04. The average Bonchev–Trinajstić information content (AvgIpc) is 2.27. The number of hydrogen-bond acceptors (Lipinski definition) is 1. The summed E-state index contributed by atoms with van der Waals surface area (Å²) < 4.78 is 0. The van der Waals surface area contributed by atoms with Gasteiger partial charge in [-0.2, -0.15) is 0 Å². The van der Waals surface area contributed by atoms with E-state index < -0.39 is 0 Å². The van der Waals surface area contributed by atoms with E-state index in [1.165, 1.54) is 24.8 Å². The lowest BCUT2D eigenvalue weighted by Gasteiger charge is -2.15. The second-order valence-corrected chi connectivity index (χ2v) is 5.04. The molecule has 0 fully saturated rings. The summed E-state index contributed by atoms with van der Waals surface area (Å²) in [7, 11) is 4.27. The number of rotatable bonds is 6. The van der Waals surface area contributed by atoms with Crippen molar-refractivity contribution in [3.63, 3.8) is 0 Å². The molecule has 0 amide bonds. The van der Waals surface area contributed by atoms with Gasteiger partial charge in [-0.3, -0.25) is 0 Å². The largest absolute Gasteiger partial charge is 0.309 e. The van der Waals surface area contributed by atoms with Gasteiger partial charge >= 0.3 is 0 Å². The van der Waals surface area contributed by atoms with Crippen LogP contribution in [0.3, 0.4) is 0 Å². The first-order valence-electron chi connectivity index (χ1n) is 6.35. The fourth-order valence-electron chi connectivity index (χ4n) is 1.86. The van der Waals surface area contributed by atoms with E-state index in [1.807, 2.05) is 0 Å². The lowest BCUT2D eigenvalue weighted by molar-refractivity contribution is 0.412. The quantitative estimate of drug-likeness (QED) is 0.709. The van der Waals surface area contributed by atoms with Gasteiger partial charge in [0.2, 0.25) is 0 Å². The van der Waals surface area contributed by atoms with E-state index in [9.17, 15) is 0 Å². The maximum Gasteiger partial charge on any atom is 0.00158 e. The molecule has 16 heavy (non-hydrogen) atoms. The van der Waals surface area contributed by atoms with Crippen LogP contribution in [0.25, 0.3) is 0 Å². The van der Waals surface area contributed by atoms with Crippen LogP contribution in [0.2, 0.25) is 0 Å². The molecule has 0 aliphatic carbocycles. The Hall–Kier alpha value is -0.820. The standard InChI is InChI=1S/C15H25N/c1-5-13(2)12-15-9-7-6-8-14(15)10-11-16(3)4/h6-9,13H,5,10-12H2,1-4H3. The molecule has 1 atom stereocenters. The maximum atomic E-state index is 2.34. The van der Waals surface area contributed by atoms with Crippen LogP contribution in [0.15, 0.2) is 24.3 Å². The molecular weight excluding hydrogens is 194 g/mol. The molecule has 0 N–H and O–H groups in total. The first-order valence-corrected chi connectivity index (χ1v) is 6.35. The van der Waals surface area contributed by atoms with Crippen LogP contribution >= 0.6 is 0 Å². The summed E-state index contributed by atoms with van der Waals surface area (Å²) in [6, 6.07) is 8.89. The van der Waals surface area contributed by atoms with Crippen molar-refractivity contribution >= 4 is 0 Å². The molecule has 1 heteroatoms. The van der Waals surface area contributed by atoms with Gasteiger partial charge in [0.1, 0.15) is 0 Å². The Morgan fingerprint density at radius 3 is 2.31 bits per heavy atom. The maximum absolute atomic E-state index is 2.34. The Kier molecular flexibility index (Phi) is 5.54. The zero-order valence-corrected chi connectivity index (χ0v) is 11.2. The average molecular weight is 219 g/mol. The molecule has 0 radical (unpaired) electrons. The van der Waals surface area contributed by atoms with E-state index in [-0.39, 0.29) is 0 Å². The van der Waals surface area contributed by atoms with E-state index in [0.29, 0.717) is 0 Å². The molecule has 1 aromatic rings. The predicted octanol–water partition coefficient (Wildman–Crippen LogP) is 3.38. The summed E-state index contributed by atoms with van der Waals surface area (Å²) in [5.74, 6) is 0.792. The zero-order chi connectivity index (χ0) is 12.0. The van der Waals surface area contributed by atoms with Gasteiger partial charge in [-0.25, -0.2) is 0 Å². The molecule has 1 rings (SSSR count). The van der Waals surface area contributed by atoms with Gasteiger partial charge in [-0.1, -0.05) is 44.5 Å². The highest BCUT2D eigenvalue weighted by molar-refractivity contribution is 5.27. The first-order chi connectivity index (χ1) is 7.63. The van der Waals surface area contributed by atoms with Crippen LogP contribution in [0.4, 0.5) is 0 Å². The fraction of sp³-hybridized carbons (Fsp3) is 0.600. The molecule has 0 aliphatic rings. The molecule has 0 bridgehead atoms. The Labute approximate surface area is 100 Å². The molecule has 1 nitrogen and oxygen atoms in total. The number of hydrogen-bond donors (Lipinski definition) is 0. The van der Waals surface area contributed by atoms with E-state index in [2.05, 4.69) is 57.1 Å². The summed E-state index contributed by atoms with van der Waals surface area (Å²) in [4.78, 5) is 2.25. The van der Waals surface area contributed by atoms with E-state index in [4.69, 9.17) is 0 Å². The third kappa shape index (κ3) is 4.36. The Bertz CT molecular complexity index is 304. The third-order valence-electron chi connectivity index (χ3n) is 3.21. The lowest BCUT2D eigenvalue weighted by atomic mass is 9.94. The van der Waals surface area contributed by atoms with Crippen LogP contribution < -0.4 is 0 Å². The zero-order valence-electron chi connectivity index (χ0n) is 11.2. The van der Waals surface area contributed by atoms with Crippen molar-refractivity contribution in [2.75, 3.05) is 20.6 Å². The van der Waals surface area contributed by atoms with E-state index >= 15 is 0 Å². The van der Waals surface area contributed by atoms with Crippen molar-refractivity contribution < 1.29 is 0 Å². The highest BCUT2D eigenvalue weighted by atomic mass is 15.0. The molecular formula is C15H25N. The summed E-state index contributed by atoms with van der Waals surface area (Å²) in [6.07, 6.45) is 3.65. The van der Waals surface area contributed by atoms with Crippen molar-refractivity contribution in [1.29, 1.82) is 0 Å². The molecule has 0 aliphatic heterocycles. The van der Waals surface area contributed by atoms with Gasteiger partial charge in [0.15, 0.2) is 0 Å². The van der Waals surface area contributed by atoms with Crippen molar-refractivity contribution in [3.8, 4) is 0 Å². The highest BCUT2D eigenvalue weighted by Gasteiger charge is 2.06. The van der Waals surface area contributed by atoms with Crippen LogP contribution in [0.1, 0.15) is 31.4 Å². The van der Waals surface area contributed by atoms with Crippen LogP contribution in [0.5, 0.6) is 0 Å². The van der Waals surface area contributed by atoms with E-state index in [0.717, 1.165) is 12.5 Å². The minimum atomic E-state index is 0.792. The van der Waals surface area contributed by atoms with Crippen LogP contribution in [-0.4, -0.2) is 25.5 Å². The molecule has 0 heterocycles. The van der Waals surface area contributed by atoms with Crippen molar-refractivity contribution in [3.05, 3.63) is 35.4 Å². The molecule has 0 spiro atoms. The summed E-state index contributed by atoms with van der Waals surface area (Å²) in [5.41, 5.74) is 3.07. The van der Waals surface area contributed by atoms with E-state index in [1.54, 1.807) is 5.56 Å². The predicted molar refractivity (Wildman–Crippen MR) is 71.9 cm³/mol. The molecule has 0 aromatic heterocycles. The van der Waals surface area contributed by atoms with Gasteiger partial charge in [0.25, 0.3) is 0 Å². The SMILES string of the molecule is CCC(C)Cc1ccccc1CCN(C)C. The van der Waals surface area contributed by atoms with Crippen molar-refractivity contribution in [2.24, 2.45) is 5.92 Å². The third-order valence-corrected chi connectivity index (χ3v) is 3.21. The number of likely N-dealkylation sites (N-methyl/N-ethyl adjacent to an activating group) is 1. The Morgan fingerprint density at radius 1 is 1.12 bits per heavy atom. The van der Waals surface area contributed by atoms with Gasteiger partial charge in [-0.15, -0.1) is 0 Å². The first kappa shape index (κ1) is 13.2. The molecule has 1 unspecified atom stereocenters. The van der Waals surface area contributed by atoms with Gasteiger partial charge in [0, 0.05) is 6.54 Å². The van der Waals surface area contributed by atoms with Crippen molar-refractivity contribution in [2.45, 2.75) is 33.1 Å². The van der Waals surface area contributed by atoms with Crippen molar-refractivity contribution in [1.82, 2.24) is 4.90 Å². The summed E-state index contributed by atoms with van der Waals surface area (Å²) in [5, 5.41) is 0. The smallest absolute Gasteiger partial charge is 0.00158 e. The summed E-state index contributed by atoms with van der Waals surface area (Å²) >= 11 is 0.